The third kappa shape index (κ3) is 8.90. The van der Waals surface area contributed by atoms with E-state index in [1.54, 1.807) is 24.3 Å². The zero-order valence-electron chi connectivity index (χ0n) is 19.9. The monoisotopic (exact) mass is 432 g/mol. The number of carbonyl (C=O) groups is 2. The van der Waals surface area contributed by atoms with Crippen molar-refractivity contribution in [3.8, 4) is 0 Å². The Morgan fingerprint density at radius 2 is 1.77 bits per heavy atom. The van der Waals surface area contributed by atoms with Gasteiger partial charge >= 0.3 is 6.09 Å². The van der Waals surface area contributed by atoms with E-state index in [9.17, 15) is 9.59 Å². The summed E-state index contributed by atoms with van der Waals surface area (Å²) in [6.07, 6.45) is 8.18. The predicted octanol–water partition coefficient (Wildman–Crippen LogP) is 6.70. The number of nitrogens with one attached hydrogen (secondary N) is 1. The quantitative estimate of drug-likeness (QED) is 0.312. The van der Waals surface area contributed by atoms with Gasteiger partial charge < -0.3 is 4.74 Å². The number of carbonyl (C=O) groups excluding carboxylic acids is 2. The van der Waals surface area contributed by atoms with Gasteiger partial charge in [0.2, 0.25) is 5.91 Å². The highest BCUT2D eigenvalue weighted by Crippen LogP contribution is 2.25. The normalized spacial score (nSPS) is 16.2. The van der Waals surface area contributed by atoms with Crippen LogP contribution in [0, 0.1) is 11.8 Å². The fourth-order valence-electron chi connectivity index (χ4n) is 3.86. The molecule has 174 valence electrons. The number of ether oxygens (including phenoxy) is 1. The Balaban J connectivity index is 1.93. The van der Waals surface area contributed by atoms with Crippen molar-refractivity contribution in [2.24, 2.45) is 11.8 Å². The average Bonchev–Trinajstić information content (AvgIpc) is 3.21. The lowest BCUT2D eigenvalue weighted by Gasteiger charge is -2.28. The molecule has 1 aliphatic carbocycles. The summed E-state index contributed by atoms with van der Waals surface area (Å²) in [5.74, 6) is 0.856. The second kappa shape index (κ2) is 12.7. The summed E-state index contributed by atoms with van der Waals surface area (Å²) in [4.78, 5) is 30.5. The topological polar surface area (TPSA) is 67.9 Å². The van der Waals surface area contributed by atoms with Gasteiger partial charge in [-0.05, 0) is 69.1 Å². The number of hydroxylamine groups is 1. The summed E-state index contributed by atoms with van der Waals surface area (Å²) in [7, 11) is 0. The van der Waals surface area contributed by atoms with Gasteiger partial charge in [-0.1, -0.05) is 46.1 Å². The molecular formula is C25H40N2O4. The number of anilines is 2. The molecule has 1 saturated carbocycles. The summed E-state index contributed by atoms with van der Waals surface area (Å²) >= 11 is 0. The van der Waals surface area contributed by atoms with Crippen LogP contribution in [0.5, 0.6) is 0 Å². The van der Waals surface area contributed by atoms with E-state index in [0.717, 1.165) is 44.4 Å². The van der Waals surface area contributed by atoms with Crippen LogP contribution in [0.4, 0.5) is 16.2 Å². The van der Waals surface area contributed by atoms with Gasteiger partial charge in [0, 0.05) is 12.6 Å². The van der Waals surface area contributed by atoms with Gasteiger partial charge in [0.05, 0.1) is 11.8 Å². The zero-order chi connectivity index (χ0) is 22.8. The fourth-order valence-corrected chi connectivity index (χ4v) is 3.86. The van der Waals surface area contributed by atoms with Crippen LogP contribution in [0.25, 0.3) is 0 Å². The van der Waals surface area contributed by atoms with E-state index in [2.05, 4.69) is 26.1 Å². The summed E-state index contributed by atoms with van der Waals surface area (Å²) in [6, 6.07) is 7.10. The number of amides is 2. The lowest BCUT2D eigenvalue weighted by Crippen LogP contribution is -2.35. The number of rotatable bonds is 11. The van der Waals surface area contributed by atoms with E-state index in [1.807, 2.05) is 6.92 Å². The molecule has 1 aromatic rings. The number of unbranched alkanes of at least 4 members (excludes halogenated alkanes) is 1. The van der Waals surface area contributed by atoms with Crippen molar-refractivity contribution < 1.29 is 19.2 Å². The minimum atomic E-state index is -0.456. The van der Waals surface area contributed by atoms with Gasteiger partial charge in [-0.15, -0.1) is 0 Å². The molecule has 0 heterocycles. The maximum Gasteiger partial charge on any atom is 0.411 e. The van der Waals surface area contributed by atoms with Crippen molar-refractivity contribution in [3.05, 3.63) is 24.3 Å². The standard InChI is InChI=1S/C25H40N2O4/c1-18(2)11-6-7-12-19(3)20(4)31-27(21(5)28)23-14-10-13-22(17-23)26-25(29)30-24-15-8-9-16-24/h10,13-14,17-20,24H,6-9,11-12,15-16H2,1-5H3,(H,26,29). The minimum Gasteiger partial charge on any atom is -0.446 e. The molecule has 1 fully saturated rings. The van der Waals surface area contributed by atoms with Crippen LogP contribution in [0.2, 0.25) is 0 Å². The third-order valence-corrected chi connectivity index (χ3v) is 5.95. The molecule has 0 aromatic heterocycles. The van der Waals surface area contributed by atoms with Crippen LogP contribution in [0.15, 0.2) is 24.3 Å². The first-order valence-electron chi connectivity index (χ1n) is 11.8. The first-order valence-corrected chi connectivity index (χ1v) is 11.8. The van der Waals surface area contributed by atoms with E-state index in [4.69, 9.17) is 9.57 Å². The molecule has 0 saturated heterocycles. The maximum absolute atomic E-state index is 12.3. The van der Waals surface area contributed by atoms with Crippen LogP contribution in [-0.4, -0.2) is 24.2 Å². The Morgan fingerprint density at radius 1 is 1.10 bits per heavy atom. The van der Waals surface area contributed by atoms with Crippen LogP contribution < -0.4 is 10.4 Å². The predicted molar refractivity (Wildman–Crippen MR) is 125 cm³/mol. The third-order valence-electron chi connectivity index (χ3n) is 5.95. The average molecular weight is 433 g/mol. The van der Waals surface area contributed by atoms with E-state index < -0.39 is 6.09 Å². The Kier molecular flexibility index (Phi) is 10.3. The van der Waals surface area contributed by atoms with Crippen LogP contribution in [-0.2, 0) is 14.4 Å². The lowest BCUT2D eigenvalue weighted by molar-refractivity contribution is -0.127. The number of hydrogen-bond acceptors (Lipinski definition) is 4. The molecule has 0 spiro atoms. The molecule has 2 rings (SSSR count). The van der Waals surface area contributed by atoms with Crippen molar-refractivity contribution in [2.45, 2.75) is 98.2 Å². The van der Waals surface area contributed by atoms with Gasteiger partial charge in [0.15, 0.2) is 0 Å². The van der Waals surface area contributed by atoms with Crippen molar-refractivity contribution in [1.29, 1.82) is 0 Å². The summed E-state index contributed by atoms with van der Waals surface area (Å²) in [5, 5.41) is 4.09. The molecule has 0 radical (unpaired) electrons. The second-order valence-corrected chi connectivity index (χ2v) is 9.27. The molecule has 2 unspecified atom stereocenters. The molecular weight excluding hydrogens is 392 g/mol. The Morgan fingerprint density at radius 3 is 2.42 bits per heavy atom. The molecule has 0 aliphatic heterocycles. The van der Waals surface area contributed by atoms with E-state index >= 15 is 0 Å². The maximum atomic E-state index is 12.3. The van der Waals surface area contributed by atoms with Gasteiger partial charge in [-0.2, -0.15) is 5.06 Å². The molecule has 1 aromatic carbocycles. The SMILES string of the molecule is CC(=O)N(OC(C)C(C)CCCCC(C)C)c1cccc(NC(=O)OC2CCCC2)c1. The molecule has 0 bridgehead atoms. The lowest BCUT2D eigenvalue weighted by atomic mass is 9.96. The second-order valence-electron chi connectivity index (χ2n) is 9.27. The van der Waals surface area contributed by atoms with Crippen molar-refractivity contribution in [1.82, 2.24) is 0 Å². The van der Waals surface area contributed by atoms with Crippen LogP contribution >= 0.6 is 0 Å². The van der Waals surface area contributed by atoms with Crippen molar-refractivity contribution in [3.63, 3.8) is 0 Å². The summed E-state index contributed by atoms with van der Waals surface area (Å²) in [6.45, 7) is 10.1. The van der Waals surface area contributed by atoms with Gasteiger partial charge in [-0.25, -0.2) is 4.79 Å². The number of nitrogens with zero attached hydrogens (tertiary/aromatic N) is 1. The first kappa shape index (κ1) is 25.2. The molecule has 6 nitrogen and oxygen atoms in total. The van der Waals surface area contributed by atoms with Gasteiger partial charge in [-0.3, -0.25) is 14.9 Å². The Labute approximate surface area is 187 Å². The Hall–Kier alpha value is -2.08. The highest BCUT2D eigenvalue weighted by atomic mass is 16.7. The number of hydrogen-bond donors (Lipinski definition) is 1. The van der Waals surface area contributed by atoms with Crippen molar-refractivity contribution in [2.75, 3.05) is 10.4 Å². The van der Waals surface area contributed by atoms with Crippen LogP contribution in [0.3, 0.4) is 0 Å². The smallest absolute Gasteiger partial charge is 0.411 e. The van der Waals surface area contributed by atoms with Gasteiger partial charge in [0.1, 0.15) is 6.10 Å². The van der Waals surface area contributed by atoms with E-state index in [-0.39, 0.29) is 18.1 Å². The number of benzene rings is 1. The molecule has 1 aliphatic rings. The molecule has 6 heteroatoms. The highest BCUT2D eigenvalue weighted by Gasteiger charge is 2.22. The van der Waals surface area contributed by atoms with Crippen molar-refractivity contribution >= 4 is 23.4 Å². The van der Waals surface area contributed by atoms with Crippen LogP contribution in [0.1, 0.15) is 86.0 Å². The molecule has 2 atom stereocenters. The van der Waals surface area contributed by atoms with E-state index in [0.29, 0.717) is 17.3 Å². The molecule has 31 heavy (non-hydrogen) atoms. The molecule has 1 N–H and O–H groups in total. The Bertz CT molecular complexity index is 701. The fraction of sp³-hybridized carbons (Fsp3) is 0.680. The largest absolute Gasteiger partial charge is 0.446 e. The summed E-state index contributed by atoms with van der Waals surface area (Å²) < 4.78 is 5.46. The summed E-state index contributed by atoms with van der Waals surface area (Å²) in [5.41, 5.74) is 1.16. The zero-order valence-corrected chi connectivity index (χ0v) is 19.9. The van der Waals surface area contributed by atoms with E-state index in [1.165, 1.54) is 24.8 Å². The molecule has 2 amide bonds. The first-order chi connectivity index (χ1) is 14.8. The minimum absolute atomic E-state index is 0.00288. The van der Waals surface area contributed by atoms with Gasteiger partial charge in [0.25, 0.3) is 0 Å². The highest BCUT2D eigenvalue weighted by molar-refractivity contribution is 5.91.